The van der Waals surface area contributed by atoms with Crippen LogP contribution in [0.1, 0.15) is 18.5 Å². The summed E-state index contributed by atoms with van der Waals surface area (Å²) in [6.45, 7) is 1.64. The van der Waals surface area contributed by atoms with Crippen molar-refractivity contribution in [2.45, 2.75) is 13.0 Å². The number of aromatic nitrogens is 2. The van der Waals surface area contributed by atoms with Crippen LogP contribution in [0.5, 0.6) is 11.5 Å². The minimum absolute atomic E-state index is 0.295. The summed E-state index contributed by atoms with van der Waals surface area (Å²) in [6.07, 6.45) is 1.49. The number of nitrogens with one attached hydrogen (secondary N) is 1. The van der Waals surface area contributed by atoms with Crippen LogP contribution in [-0.4, -0.2) is 35.9 Å². The molecule has 0 aliphatic carbocycles. The number of hydrazone groups is 1. The third-order valence-corrected chi connectivity index (χ3v) is 5.40. The first-order valence-corrected chi connectivity index (χ1v) is 10.6. The molecule has 8 nitrogen and oxygen atoms in total. The van der Waals surface area contributed by atoms with Gasteiger partial charge in [-0.05, 0) is 42.8 Å². The van der Waals surface area contributed by atoms with Gasteiger partial charge in [-0.15, -0.1) is 0 Å². The number of carbonyl (C=O) groups is 1. The van der Waals surface area contributed by atoms with Crippen LogP contribution in [-0.2, 0) is 4.79 Å². The molecule has 1 N–H and O–H groups in total. The Labute approximate surface area is 196 Å². The fourth-order valence-corrected chi connectivity index (χ4v) is 3.61. The molecular weight excluding hydrogens is 432 g/mol. The highest BCUT2D eigenvalue weighted by molar-refractivity contribution is 5.86. The van der Waals surface area contributed by atoms with Crippen LogP contribution >= 0.6 is 0 Å². The molecule has 34 heavy (non-hydrogen) atoms. The number of benzene rings is 3. The van der Waals surface area contributed by atoms with Crippen molar-refractivity contribution in [1.82, 2.24) is 15.0 Å². The van der Waals surface area contributed by atoms with Crippen molar-refractivity contribution in [3.05, 3.63) is 88.7 Å². The van der Waals surface area contributed by atoms with Crippen molar-refractivity contribution in [3.63, 3.8) is 0 Å². The van der Waals surface area contributed by atoms with E-state index in [1.165, 1.54) is 10.8 Å². The standard InChI is InChI=1S/C26H24N4O4/c1-17(25(31)29-27-16-18-13-14-22(33-2)23(15-18)34-3)30-24(19-9-5-4-6-10-19)28-21-12-8-7-11-20(21)26(30)32/h4-17H,1-3H3,(H,29,31)/b27-16+/t17-/m0/s1. The highest BCUT2D eigenvalue weighted by Gasteiger charge is 2.22. The summed E-state index contributed by atoms with van der Waals surface area (Å²) in [6, 6.07) is 20.8. The predicted octanol–water partition coefficient (Wildman–Crippen LogP) is 3.79. The normalized spacial score (nSPS) is 12.0. The zero-order chi connectivity index (χ0) is 24.1. The Morgan fingerprint density at radius 2 is 1.71 bits per heavy atom. The first-order valence-electron chi connectivity index (χ1n) is 10.6. The molecule has 0 saturated heterocycles. The number of para-hydroxylation sites is 1. The van der Waals surface area contributed by atoms with E-state index in [9.17, 15) is 9.59 Å². The Morgan fingerprint density at radius 1 is 1.00 bits per heavy atom. The van der Waals surface area contributed by atoms with Crippen LogP contribution in [0.15, 0.2) is 82.7 Å². The highest BCUT2D eigenvalue weighted by Crippen LogP contribution is 2.27. The summed E-state index contributed by atoms with van der Waals surface area (Å²) < 4.78 is 11.9. The second-order valence-electron chi connectivity index (χ2n) is 7.52. The van der Waals surface area contributed by atoms with E-state index < -0.39 is 11.9 Å². The number of hydrogen-bond acceptors (Lipinski definition) is 6. The van der Waals surface area contributed by atoms with Gasteiger partial charge in [0.2, 0.25) is 0 Å². The minimum Gasteiger partial charge on any atom is -0.493 e. The molecule has 1 heterocycles. The molecule has 1 amide bonds. The lowest BCUT2D eigenvalue weighted by atomic mass is 10.1. The van der Waals surface area contributed by atoms with Gasteiger partial charge in [-0.3, -0.25) is 14.2 Å². The van der Waals surface area contributed by atoms with E-state index in [0.717, 1.165) is 5.56 Å². The number of amides is 1. The van der Waals surface area contributed by atoms with Gasteiger partial charge < -0.3 is 9.47 Å². The molecule has 0 unspecified atom stereocenters. The predicted molar refractivity (Wildman–Crippen MR) is 131 cm³/mol. The monoisotopic (exact) mass is 456 g/mol. The molecule has 0 saturated carbocycles. The largest absolute Gasteiger partial charge is 0.493 e. The number of rotatable bonds is 7. The average molecular weight is 457 g/mol. The summed E-state index contributed by atoms with van der Waals surface area (Å²) in [5.41, 5.74) is 4.24. The van der Waals surface area contributed by atoms with Gasteiger partial charge in [0.15, 0.2) is 11.5 Å². The zero-order valence-electron chi connectivity index (χ0n) is 19.1. The lowest BCUT2D eigenvalue weighted by Gasteiger charge is -2.18. The average Bonchev–Trinajstić information content (AvgIpc) is 2.88. The van der Waals surface area contributed by atoms with Crippen LogP contribution in [0, 0.1) is 0 Å². The van der Waals surface area contributed by atoms with E-state index in [4.69, 9.17) is 14.5 Å². The molecule has 4 aromatic rings. The summed E-state index contributed by atoms with van der Waals surface area (Å²) in [7, 11) is 3.10. The smallest absolute Gasteiger partial charge is 0.263 e. The van der Waals surface area contributed by atoms with Gasteiger partial charge in [-0.1, -0.05) is 42.5 Å². The summed E-state index contributed by atoms with van der Waals surface area (Å²) in [5, 5.41) is 4.50. The van der Waals surface area contributed by atoms with E-state index in [2.05, 4.69) is 10.5 Å². The quantitative estimate of drug-likeness (QED) is 0.337. The first-order chi connectivity index (χ1) is 16.5. The molecule has 0 bridgehead atoms. The van der Waals surface area contributed by atoms with Gasteiger partial charge in [0.1, 0.15) is 11.9 Å². The van der Waals surface area contributed by atoms with Gasteiger partial charge in [0, 0.05) is 5.56 Å². The Bertz CT molecular complexity index is 1410. The molecule has 8 heteroatoms. The molecule has 1 atom stereocenters. The number of hydrogen-bond donors (Lipinski definition) is 1. The van der Waals surface area contributed by atoms with E-state index in [1.807, 2.05) is 36.4 Å². The van der Waals surface area contributed by atoms with E-state index in [1.54, 1.807) is 57.5 Å². The fourth-order valence-electron chi connectivity index (χ4n) is 3.61. The molecular formula is C26H24N4O4. The van der Waals surface area contributed by atoms with Crippen LogP contribution in [0.2, 0.25) is 0 Å². The van der Waals surface area contributed by atoms with E-state index in [-0.39, 0.29) is 5.56 Å². The maximum absolute atomic E-state index is 13.4. The lowest BCUT2D eigenvalue weighted by molar-refractivity contribution is -0.123. The molecule has 0 spiro atoms. The number of carbonyl (C=O) groups excluding carboxylic acids is 1. The molecule has 172 valence electrons. The maximum atomic E-state index is 13.4. The third-order valence-electron chi connectivity index (χ3n) is 5.40. The van der Waals surface area contributed by atoms with E-state index >= 15 is 0 Å². The van der Waals surface area contributed by atoms with Crippen LogP contribution < -0.4 is 20.5 Å². The second-order valence-corrected chi connectivity index (χ2v) is 7.52. The molecule has 0 aliphatic rings. The zero-order valence-corrected chi connectivity index (χ0v) is 19.1. The van der Waals surface area contributed by atoms with Crippen molar-refractivity contribution in [2.75, 3.05) is 14.2 Å². The van der Waals surface area contributed by atoms with Crippen molar-refractivity contribution in [3.8, 4) is 22.9 Å². The molecule has 3 aromatic carbocycles. The molecule has 0 aliphatic heterocycles. The first kappa shape index (κ1) is 22.7. The molecule has 0 radical (unpaired) electrons. The van der Waals surface area contributed by atoms with Gasteiger partial charge >= 0.3 is 0 Å². The Hall–Kier alpha value is -4.46. The molecule has 1 aromatic heterocycles. The van der Waals surface area contributed by atoms with Crippen LogP contribution in [0.3, 0.4) is 0 Å². The topological polar surface area (TPSA) is 94.8 Å². The van der Waals surface area contributed by atoms with Crippen molar-refractivity contribution in [2.24, 2.45) is 5.10 Å². The van der Waals surface area contributed by atoms with Crippen molar-refractivity contribution in [1.29, 1.82) is 0 Å². The van der Waals surface area contributed by atoms with Gasteiger partial charge in [0.05, 0.1) is 31.3 Å². The minimum atomic E-state index is -0.859. The summed E-state index contributed by atoms with van der Waals surface area (Å²) >= 11 is 0. The van der Waals surface area contributed by atoms with Crippen molar-refractivity contribution < 1.29 is 14.3 Å². The summed E-state index contributed by atoms with van der Waals surface area (Å²) in [4.78, 5) is 31.0. The maximum Gasteiger partial charge on any atom is 0.263 e. The Balaban J connectivity index is 1.65. The number of ether oxygens (including phenoxy) is 2. The molecule has 4 rings (SSSR count). The highest BCUT2D eigenvalue weighted by atomic mass is 16.5. The van der Waals surface area contributed by atoms with Crippen LogP contribution in [0.25, 0.3) is 22.3 Å². The Kier molecular flexibility index (Phi) is 6.68. The third kappa shape index (κ3) is 4.52. The number of methoxy groups -OCH3 is 2. The van der Waals surface area contributed by atoms with Crippen molar-refractivity contribution >= 4 is 23.0 Å². The Morgan fingerprint density at radius 3 is 2.44 bits per heavy atom. The lowest BCUT2D eigenvalue weighted by Crippen LogP contribution is -2.35. The number of fused-ring (bicyclic) bond motifs is 1. The summed E-state index contributed by atoms with van der Waals surface area (Å²) in [5.74, 6) is 1.10. The fraction of sp³-hybridized carbons (Fsp3) is 0.154. The van der Waals surface area contributed by atoms with Gasteiger partial charge in [-0.25, -0.2) is 10.4 Å². The van der Waals surface area contributed by atoms with Gasteiger partial charge in [0.25, 0.3) is 11.5 Å². The van der Waals surface area contributed by atoms with E-state index in [0.29, 0.717) is 33.8 Å². The molecule has 0 fully saturated rings. The number of nitrogens with zero attached hydrogens (tertiary/aromatic N) is 3. The van der Waals surface area contributed by atoms with Crippen LogP contribution in [0.4, 0.5) is 0 Å². The van der Waals surface area contributed by atoms with Gasteiger partial charge in [-0.2, -0.15) is 5.10 Å². The SMILES string of the molecule is COc1ccc(/C=N/NC(=O)[C@H](C)n2c(-c3ccccc3)nc3ccccc3c2=O)cc1OC. The second kappa shape index (κ2) is 9.99.